The normalized spacial score (nSPS) is 13.0. The summed E-state index contributed by atoms with van der Waals surface area (Å²) in [6.07, 6.45) is 3.78. The van der Waals surface area contributed by atoms with Gasteiger partial charge in [-0.25, -0.2) is 4.39 Å². The number of anilines is 1. The minimum Gasteiger partial charge on any atom is -0.348 e. The van der Waals surface area contributed by atoms with E-state index in [1.54, 1.807) is 42.2 Å². The van der Waals surface area contributed by atoms with Crippen LogP contribution in [0.4, 0.5) is 10.1 Å². The molecule has 1 heterocycles. The number of amides is 2. The Morgan fingerprint density at radius 3 is 2.59 bits per heavy atom. The summed E-state index contributed by atoms with van der Waals surface area (Å²) >= 11 is 6.50. The predicted octanol–water partition coefficient (Wildman–Crippen LogP) is 5.23. The van der Waals surface area contributed by atoms with Crippen molar-refractivity contribution in [1.29, 1.82) is 0 Å². The van der Waals surface area contributed by atoms with Gasteiger partial charge >= 0.3 is 0 Å². The van der Waals surface area contributed by atoms with Gasteiger partial charge in [0.25, 0.3) is 5.91 Å². The molecule has 0 spiro atoms. The predicted molar refractivity (Wildman–Crippen MR) is 123 cm³/mol. The van der Waals surface area contributed by atoms with Crippen molar-refractivity contribution >= 4 is 29.1 Å². The Morgan fingerprint density at radius 1 is 1.16 bits per heavy atom. The van der Waals surface area contributed by atoms with E-state index in [0.29, 0.717) is 40.0 Å². The van der Waals surface area contributed by atoms with Gasteiger partial charge in [-0.1, -0.05) is 29.8 Å². The van der Waals surface area contributed by atoms with Gasteiger partial charge < -0.3 is 10.2 Å². The maximum absolute atomic E-state index is 13.3. The molecule has 32 heavy (non-hydrogen) atoms. The van der Waals surface area contributed by atoms with Crippen LogP contribution in [0.15, 0.2) is 60.8 Å². The maximum Gasteiger partial charge on any atom is 0.253 e. The van der Waals surface area contributed by atoms with Crippen LogP contribution < -0.4 is 10.2 Å². The summed E-state index contributed by atoms with van der Waals surface area (Å²) in [7, 11) is 0. The number of aromatic nitrogens is 1. The molecule has 4 rings (SSSR count). The van der Waals surface area contributed by atoms with Gasteiger partial charge in [0.2, 0.25) is 5.91 Å². The second-order valence-corrected chi connectivity index (χ2v) is 8.39. The highest BCUT2D eigenvalue weighted by Gasteiger charge is 2.27. The molecule has 1 saturated carbocycles. The van der Waals surface area contributed by atoms with Gasteiger partial charge in [0, 0.05) is 31.8 Å². The molecule has 1 fully saturated rings. The van der Waals surface area contributed by atoms with Gasteiger partial charge in [-0.05, 0) is 60.7 Å². The van der Waals surface area contributed by atoms with E-state index >= 15 is 0 Å². The lowest BCUT2D eigenvalue weighted by atomic mass is 10.1. The summed E-state index contributed by atoms with van der Waals surface area (Å²) in [6, 6.07) is 15.0. The monoisotopic (exact) mass is 451 g/mol. The number of hydrogen-bond acceptors (Lipinski definition) is 3. The average Bonchev–Trinajstić information content (AvgIpc) is 3.60. The Hall–Kier alpha value is -3.25. The summed E-state index contributed by atoms with van der Waals surface area (Å²) in [5, 5.41) is 3.24. The number of halogens is 2. The Kier molecular flexibility index (Phi) is 6.51. The van der Waals surface area contributed by atoms with Crippen LogP contribution >= 0.6 is 11.6 Å². The van der Waals surface area contributed by atoms with E-state index < -0.39 is 0 Å². The zero-order valence-corrected chi connectivity index (χ0v) is 18.4. The highest BCUT2D eigenvalue weighted by Crippen LogP contribution is 2.35. The van der Waals surface area contributed by atoms with Gasteiger partial charge in [0.05, 0.1) is 22.0 Å². The maximum atomic E-state index is 13.3. The van der Waals surface area contributed by atoms with E-state index in [0.717, 1.165) is 18.4 Å². The molecule has 7 heteroatoms. The average molecular weight is 452 g/mol. The Balaban J connectivity index is 1.44. The first-order valence-corrected chi connectivity index (χ1v) is 10.9. The van der Waals surface area contributed by atoms with E-state index in [1.165, 1.54) is 18.3 Å². The third-order valence-corrected chi connectivity index (χ3v) is 5.72. The zero-order chi connectivity index (χ0) is 22.7. The van der Waals surface area contributed by atoms with Crippen molar-refractivity contribution in [1.82, 2.24) is 10.3 Å². The van der Waals surface area contributed by atoms with Gasteiger partial charge in [-0.15, -0.1) is 0 Å². The first-order valence-electron chi connectivity index (χ1n) is 10.5. The zero-order valence-electron chi connectivity index (χ0n) is 17.6. The van der Waals surface area contributed by atoms with Gasteiger partial charge in [0.15, 0.2) is 0 Å². The van der Waals surface area contributed by atoms with Crippen molar-refractivity contribution in [3.63, 3.8) is 0 Å². The standard InChI is InChI=1S/C25H23ClFN3O2/c1-16(31)30(15-17-5-6-17)24-10-8-19(12-22(24)26)23-9-7-20(14-28-23)25(32)29-13-18-3-2-4-21(27)11-18/h2-4,7-12,14,17H,5-6,13,15H2,1H3,(H,29,32). The van der Waals surface area contributed by atoms with Crippen molar-refractivity contribution in [3.05, 3.63) is 82.8 Å². The summed E-state index contributed by atoms with van der Waals surface area (Å²) in [6.45, 7) is 2.46. The second kappa shape index (κ2) is 9.49. The van der Waals surface area contributed by atoms with Crippen molar-refractivity contribution in [2.24, 2.45) is 5.92 Å². The molecule has 0 bridgehead atoms. The van der Waals surface area contributed by atoms with E-state index in [-0.39, 0.29) is 24.2 Å². The third kappa shape index (κ3) is 5.32. The van der Waals surface area contributed by atoms with Crippen molar-refractivity contribution in [3.8, 4) is 11.3 Å². The van der Waals surface area contributed by atoms with Crippen LogP contribution in [-0.2, 0) is 11.3 Å². The van der Waals surface area contributed by atoms with Crippen LogP contribution in [0, 0.1) is 11.7 Å². The minimum absolute atomic E-state index is 0.0294. The molecule has 3 aromatic rings. The molecule has 1 N–H and O–H groups in total. The molecular formula is C25H23ClFN3O2. The van der Waals surface area contributed by atoms with Crippen LogP contribution in [0.2, 0.25) is 5.02 Å². The third-order valence-electron chi connectivity index (χ3n) is 5.42. The van der Waals surface area contributed by atoms with Crippen molar-refractivity contribution in [2.45, 2.75) is 26.3 Å². The molecule has 0 saturated heterocycles. The van der Waals surface area contributed by atoms with Crippen LogP contribution in [0.3, 0.4) is 0 Å². The molecular weight excluding hydrogens is 429 g/mol. The molecule has 2 amide bonds. The largest absolute Gasteiger partial charge is 0.348 e. The number of pyridine rings is 1. The fraction of sp³-hybridized carbons (Fsp3) is 0.240. The fourth-order valence-electron chi connectivity index (χ4n) is 3.47. The van der Waals surface area contributed by atoms with Crippen LogP contribution in [0.25, 0.3) is 11.3 Å². The lowest BCUT2D eigenvalue weighted by Crippen LogP contribution is -2.30. The minimum atomic E-state index is -0.341. The molecule has 1 aliphatic rings. The SMILES string of the molecule is CC(=O)N(CC1CC1)c1ccc(-c2ccc(C(=O)NCc3cccc(F)c3)cn2)cc1Cl. The van der Waals surface area contributed by atoms with E-state index in [2.05, 4.69) is 10.3 Å². The Bertz CT molecular complexity index is 1150. The number of nitrogens with one attached hydrogen (secondary N) is 1. The smallest absolute Gasteiger partial charge is 0.253 e. The molecule has 2 aromatic carbocycles. The van der Waals surface area contributed by atoms with Crippen LogP contribution in [0.5, 0.6) is 0 Å². The molecule has 0 radical (unpaired) electrons. The molecule has 0 unspecified atom stereocenters. The fourth-order valence-corrected chi connectivity index (χ4v) is 3.75. The summed E-state index contributed by atoms with van der Waals surface area (Å²) in [5.74, 6) is -0.112. The number of carbonyl (C=O) groups excluding carboxylic acids is 2. The Labute approximate surface area is 191 Å². The Morgan fingerprint density at radius 2 is 1.97 bits per heavy atom. The number of carbonyl (C=O) groups is 2. The number of nitrogens with zero attached hydrogens (tertiary/aromatic N) is 2. The topological polar surface area (TPSA) is 62.3 Å². The second-order valence-electron chi connectivity index (χ2n) is 7.98. The van der Waals surface area contributed by atoms with Crippen molar-refractivity contribution in [2.75, 3.05) is 11.4 Å². The van der Waals surface area contributed by atoms with E-state index in [4.69, 9.17) is 11.6 Å². The summed E-state index contributed by atoms with van der Waals surface area (Å²) in [4.78, 5) is 30.6. The number of hydrogen-bond donors (Lipinski definition) is 1. The highest BCUT2D eigenvalue weighted by molar-refractivity contribution is 6.34. The van der Waals surface area contributed by atoms with Crippen LogP contribution in [0.1, 0.15) is 35.7 Å². The van der Waals surface area contributed by atoms with E-state index in [1.807, 2.05) is 12.1 Å². The molecule has 164 valence electrons. The number of benzene rings is 2. The molecule has 5 nitrogen and oxygen atoms in total. The van der Waals surface area contributed by atoms with Gasteiger partial charge in [0.1, 0.15) is 5.82 Å². The van der Waals surface area contributed by atoms with E-state index in [9.17, 15) is 14.0 Å². The molecule has 0 atom stereocenters. The van der Waals surface area contributed by atoms with Crippen molar-refractivity contribution < 1.29 is 14.0 Å². The lowest BCUT2D eigenvalue weighted by Gasteiger charge is -2.22. The summed E-state index contributed by atoms with van der Waals surface area (Å²) < 4.78 is 13.3. The highest BCUT2D eigenvalue weighted by atomic mass is 35.5. The molecule has 0 aliphatic heterocycles. The van der Waals surface area contributed by atoms with Gasteiger partial charge in [-0.3, -0.25) is 14.6 Å². The summed E-state index contributed by atoms with van der Waals surface area (Å²) in [5.41, 5.74) is 3.24. The van der Waals surface area contributed by atoms with Gasteiger partial charge in [-0.2, -0.15) is 0 Å². The van der Waals surface area contributed by atoms with Crippen LogP contribution in [-0.4, -0.2) is 23.3 Å². The lowest BCUT2D eigenvalue weighted by molar-refractivity contribution is -0.116. The quantitative estimate of drug-likeness (QED) is 0.534. The molecule has 1 aliphatic carbocycles. The molecule has 1 aromatic heterocycles. The first-order chi connectivity index (χ1) is 15.4. The first kappa shape index (κ1) is 22.0. The number of rotatable bonds is 7.